The summed E-state index contributed by atoms with van der Waals surface area (Å²) in [6, 6.07) is 7.86. The number of alkyl halides is 3. The van der Waals surface area contributed by atoms with Gasteiger partial charge in [0.15, 0.2) is 0 Å². The Morgan fingerprint density at radius 2 is 1.89 bits per heavy atom. The first-order chi connectivity index (χ1) is 13.1. The summed E-state index contributed by atoms with van der Waals surface area (Å²) in [5.41, 5.74) is -0.109. The lowest BCUT2D eigenvalue weighted by atomic mass is 10.1. The molecule has 1 N–H and O–H groups in total. The molecule has 0 saturated heterocycles. The zero-order valence-corrected chi connectivity index (χ0v) is 16.0. The summed E-state index contributed by atoms with van der Waals surface area (Å²) >= 11 is 11.8. The molecule has 0 aliphatic carbocycles. The van der Waals surface area contributed by atoms with Gasteiger partial charge in [0.1, 0.15) is 11.4 Å². The van der Waals surface area contributed by atoms with Crippen LogP contribution in [-0.4, -0.2) is 22.2 Å². The molecule has 2 aromatic carbocycles. The number of esters is 1. The van der Waals surface area contributed by atoms with Crippen molar-refractivity contribution in [3.63, 3.8) is 0 Å². The summed E-state index contributed by atoms with van der Waals surface area (Å²) in [7, 11) is 0. The van der Waals surface area contributed by atoms with Crippen molar-refractivity contribution >= 4 is 40.1 Å². The Hall–Kier alpha value is -2.38. The number of phenolic OH excluding ortho intramolecular Hbond substituents is 1. The molecule has 0 saturated carbocycles. The fourth-order valence-corrected chi connectivity index (χ4v) is 3.34. The number of nitrogens with zero attached hydrogens (tertiary/aromatic N) is 1. The van der Waals surface area contributed by atoms with Gasteiger partial charge < -0.3 is 14.4 Å². The van der Waals surface area contributed by atoms with Crippen LogP contribution < -0.4 is 0 Å². The molecule has 148 valence electrons. The first-order valence-corrected chi connectivity index (χ1v) is 8.92. The van der Waals surface area contributed by atoms with Crippen molar-refractivity contribution in [2.24, 2.45) is 0 Å². The Bertz CT molecular complexity index is 1060. The van der Waals surface area contributed by atoms with Gasteiger partial charge in [-0.2, -0.15) is 13.2 Å². The summed E-state index contributed by atoms with van der Waals surface area (Å²) in [6.45, 7) is 1.70. The summed E-state index contributed by atoms with van der Waals surface area (Å²) < 4.78 is 46.0. The van der Waals surface area contributed by atoms with Gasteiger partial charge in [-0.25, -0.2) is 4.79 Å². The lowest BCUT2D eigenvalue weighted by molar-refractivity contribution is -0.137. The van der Waals surface area contributed by atoms with Crippen LogP contribution in [0.15, 0.2) is 36.4 Å². The maximum absolute atomic E-state index is 13.2. The third-order valence-corrected chi connectivity index (χ3v) is 4.89. The van der Waals surface area contributed by atoms with E-state index in [1.54, 1.807) is 6.92 Å². The number of carbonyl (C=O) groups is 1. The SMILES string of the molecule is CCOC(=O)c1cc2c(Cl)c(O)ccc2n1Cc1ccc(Cl)c(C(F)(F)F)c1. The predicted molar refractivity (Wildman–Crippen MR) is 100 cm³/mol. The van der Waals surface area contributed by atoms with Gasteiger partial charge in [-0.05, 0) is 42.8 Å². The maximum atomic E-state index is 13.2. The quantitative estimate of drug-likeness (QED) is 0.523. The maximum Gasteiger partial charge on any atom is 0.417 e. The van der Waals surface area contributed by atoms with Gasteiger partial charge >= 0.3 is 12.1 Å². The van der Waals surface area contributed by atoms with Crippen LogP contribution in [0.4, 0.5) is 13.2 Å². The van der Waals surface area contributed by atoms with Gasteiger partial charge in [0.25, 0.3) is 0 Å². The second kappa shape index (κ2) is 7.56. The number of aromatic nitrogens is 1. The highest BCUT2D eigenvalue weighted by Crippen LogP contribution is 2.37. The van der Waals surface area contributed by atoms with Crippen LogP contribution in [0.25, 0.3) is 10.9 Å². The molecule has 9 heteroatoms. The molecule has 3 rings (SSSR count). The van der Waals surface area contributed by atoms with Crippen LogP contribution in [0.5, 0.6) is 5.75 Å². The average molecular weight is 432 g/mol. The standard InChI is InChI=1S/C19H14Cl2F3NO3/c1-2-28-18(27)15-8-11-14(5-6-16(26)17(11)21)25(15)9-10-3-4-13(20)12(7-10)19(22,23)24/h3-8,26H,2,9H2,1H3. The Morgan fingerprint density at radius 1 is 1.18 bits per heavy atom. The normalized spacial score (nSPS) is 11.8. The third kappa shape index (κ3) is 3.77. The molecular formula is C19H14Cl2F3NO3. The summed E-state index contributed by atoms with van der Waals surface area (Å²) in [4.78, 5) is 12.4. The zero-order chi connectivity index (χ0) is 20.6. The number of hydrogen-bond donors (Lipinski definition) is 1. The summed E-state index contributed by atoms with van der Waals surface area (Å²) in [6.07, 6.45) is -4.61. The fourth-order valence-electron chi connectivity index (χ4n) is 2.90. The second-order valence-electron chi connectivity index (χ2n) is 5.98. The van der Waals surface area contributed by atoms with Crippen LogP contribution in [0, 0.1) is 0 Å². The van der Waals surface area contributed by atoms with E-state index in [0.29, 0.717) is 10.9 Å². The molecule has 0 aliphatic heterocycles. The van der Waals surface area contributed by atoms with E-state index in [9.17, 15) is 23.1 Å². The van der Waals surface area contributed by atoms with E-state index in [2.05, 4.69) is 0 Å². The Kier molecular flexibility index (Phi) is 5.50. The monoisotopic (exact) mass is 431 g/mol. The molecule has 4 nitrogen and oxygen atoms in total. The summed E-state index contributed by atoms with van der Waals surface area (Å²) in [5.74, 6) is -0.827. The lowest BCUT2D eigenvalue weighted by Crippen LogP contribution is -2.13. The van der Waals surface area contributed by atoms with E-state index in [-0.39, 0.29) is 35.2 Å². The van der Waals surface area contributed by atoms with Crippen molar-refractivity contribution in [3.05, 3.63) is 63.3 Å². The minimum atomic E-state index is -4.61. The van der Waals surface area contributed by atoms with Crippen LogP contribution in [0.3, 0.4) is 0 Å². The largest absolute Gasteiger partial charge is 0.506 e. The Morgan fingerprint density at radius 3 is 2.54 bits per heavy atom. The first kappa shape index (κ1) is 20.4. The lowest BCUT2D eigenvalue weighted by Gasteiger charge is -2.14. The van der Waals surface area contributed by atoms with Gasteiger partial charge in [-0.3, -0.25) is 0 Å². The number of ether oxygens (including phenoxy) is 1. The van der Waals surface area contributed by atoms with E-state index in [4.69, 9.17) is 27.9 Å². The van der Waals surface area contributed by atoms with E-state index < -0.39 is 22.7 Å². The van der Waals surface area contributed by atoms with Crippen molar-refractivity contribution in [3.8, 4) is 5.75 Å². The highest BCUT2D eigenvalue weighted by molar-refractivity contribution is 6.37. The molecule has 0 atom stereocenters. The Balaban J connectivity index is 2.16. The van der Waals surface area contributed by atoms with Gasteiger partial charge in [0.2, 0.25) is 0 Å². The van der Waals surface area contributed by atoms with Gasteiger partial charge in [0.05, 0.1) is 27.7 Å². The van der Waals surface area contributed by atoms with Crippen molar-refractivity contribution in [1.82, 2.24) is 4.57 Å². The van der Waals surface area contributed by atoms with Crippen LogP contribution in [0.1, 0.15) is 28.5 Å². The van der Waals surface area contributed by atoms with Crippen molar-refractivity contribution in [2.45, 2.75) is 19.6 Å². The highest BCUT2D eigenvalue weighted by atomic mass is 35.5. The predicted octanol–water partition coefficient (Wildman–Crippen LogP) is 5.90. The fraction of sp³-hybridized carbons (Fsp3) is 0.211. The number of halogens is 5. The molecule has 0 amide bonds. The molecular weight excluding hydrogens is 418 g/mol. The molecule has 28 heavy (non-hydrogen) atoms. The topological polar surface area (TPSA) is 51.5 Å². The minimum Gasteiger partial charge on any atom is -0.506 e. The smallest absolute Gasteiger partial charge is 0.417 e. The number of aromatic hydroxyl groups is 1. The van der Waals surface area contributed by atoms with E-state index in [0.717, 1.165) is 12.1 Å². The summed E-state index contributed by atoms with van der Waals surface area (Å²) in [5, 5.41) is 9.82. The molecule has 0 radical (unpaired) electrons. The van der Waals surface area contributed by atoms with Gasteiger partial charge in [0, 0.05) is 11.9 Å². The van der Waals surface area contributed by atoms with Crippen LogP contribution in [-0.2, 0) is 17.5 Å². The molecule has 1 aromatic heterocycles. The molecule has 0 spiro atoms. The van der Waals surface area contributed by atoms with E-state index >= 15 is 0 Å². The molecule has 0 fully saturated rings. The van der Waals surface area contributed by atoms with Crippen molar-refractivity contribution < 1.29 is 27.8 Å². The molecule has 3 aromatic rings. The number of phenols is 1. The van der Waals surface area contributed by atoms with Crippen LogP contribution in [0.2, 0.25) is 10.0 Å². The number of hydrogen-bond acceptors (Lipinski definition) is 3. The Labute approximate surface area is 168 Å². The zero-order valence-electron chi connectivity index (χ0n) is 14.5. The minimum absolute atomic E-state index is 0.0360. The van der Waals surface area contributed by atoms with Crippen molar-refractivity contribution in [2.75, 3.05) is 6.61 Å². The van der Waals surface area contributed by atoms with E-state index in [1.807, 2.05) is 0 Å². The van der Waals surface area contributed by atoms with Gasteiger partial charge in [-0.15, -0.1) is 0 Å². The molecule has 0 unspecified atom stereocenters. The molecule has 0 bridgehead atoms. The third-order valence-electron chi connectivity index (χ3n) is 4.16. The number of carbonyl (C=O) groups excluding carboxylic acids is 1. The average Bonchev–Trinajstić information content (AvgIpc) is 2.98. The number of fused-ring (bicyclic) bond motifs is 1. The first-order valence-electron chi connectivity index (χ1n) is 8.17. The second-order valence-corrected chi connectivity index (χ2v) is 6.76. The number of rotatable bonds is 4. The number of benzene rings is 2. The van der Waals surface area contributed by atoms with Crippen molar-refractivity contribution in [1.29, 1.82) is 0 Å². The van der Waals surface area contributed by atoms with E-state index in [1.165, 1.54) is 28.8 Å². The van der Waals surface area contributed by atoms with Crippen LogP contribution >= 0.6 is 23.2 Å². The molecule has 1 heterocycles. The van der Waals surface area contributed by atoms with Gasteiger partial charge in [-0.1, -0.05) is 29.3 Å². The highest BCUT2D eigenvalue weighted by Gasteiger charge is 2.33. The molecule has 0 aliphatic rings.